The Bertz CT molecular complexity index is 1080. The summed E-state index contributed by atoms with van der Waals surface area (Å²) < 4.78 is 23.9. The summed E-state index contributed by atoms with van der Waals surface area (Å²) in [7, 11) is 0. The molecule has 0 aliphatic rings. The molecule has 0 fully saturated rings. The lowest BCUT2D eigenvalue weighted by Crippen LogP contribution is -2.38. The lowest BCUT2D eigenvalue weighted by Gasteiger charge is -2.18. The number of amides is 1. The molecule has 1 N–H and O–H groups in total. The van der Waals surface area contributed by atoms with E-state index in [0.717, 1.165) is 10.2 Å². The molecule has 0 radical (unpaired) electrons. The third-order valence-electron chi connectivity index (χ3n) is 4.31. The number of carbonyl (C=O) groups is 2. The van der Waals surface area contributed by atoms with Gasteiger partial charge in [0.05, 0.1) is 6.04 Å². The zero-order valence-corrected chi connectivity index (χ0v) is 16.4. The van der Waals surface area contributed by atoms with Crippen molar-refractivity contribution in [1.82, 2.24) is 15.1 Å². The topological polar surface area (TPSA) is 103 Å². The van der Waals surface area contributed by atoms with E-state index in [1.807, 2.05) is 37.3 Å². The van der Waals surface area contributed by atoms with Crippen molar-refractivity contribution in [2.24, 2.45) is 0 Å². The summed E-state index contributed by atoms with van der Waals surface area (Å²) in [6.07, 6.45) is -1.07. The Morgan fingerprint density at radius 2 is 1.80 bits per heavy atom. The minimum atomic E-state index is -1.07. The second-order valence-electron chi connectivity index (χ2n) is 6.61. The van der Waals surface area contributed by atoms with Crippen LogP contribution in [0.1, 0.15) is 25.5 Å². The number of rotatable bonds is 7. The highest BCUT2D eigenvalue weighted by Gasteiger charge is 2.21. The van der Waals surface area contributed by atoms with Crippen LogP contribution in [0, 0.1) is 5.82 Å². The molecular weight excluding hydrogens is 393 g/mol. The fourth-order valence-electron chi connectivity index (χ4n) is 2.68. The van der Waals surface area contributed by atoms with Crippen LogP contribution in [0.3, 0.4) is 0 Å². The van der Waals surface area contributed by atoms with Crippen LogP contribution in [0.4, 0.5) is 4.39 Å². The van der Waals surface area contributed by atoms with Crippen LogP contribution in [0.15, 0.2) is 63.8 Å². The van der Waals surface area contributed by atoms with Gasteiger partial charge in [-0.1, -0.05) is 30.3 Å². The molecule has 156 valence electrons. The third-order valence-corrected chi connectivity index (χ3v) is 4.31. The zero-order valence-electron chi connectivity index (χ0n) is 16.4. The molecule has 1 amide bonds. The van der Waals surface area contributed by atoms with E-state index in [2.05, 4.69) is 10.4 Å². The van der Waals surface area contributed by atoms with Crippen molar-refractivity contribution in [3.63, 3.8) is 0 Å². The van der Waals surface area contributed by atoms with Gasteiger partial charge in [-0.3, -0.25) is 9.59 Å². The molecule has 3 aromatic rings. The first-order valence-electron chi connectivity index (χ1n) is 9.22. The molecule has 2 aromatic carbocycles. The van der Waals surface area contributed by atoms with Gasteiger partial charge in [0, 0.05) is 5.56 Å². The van der Waals surface area contributed by atoms with Crippen LogP contribution in [-0.4, -0.2) is 27.8 Å². The van der Waals surface area contributed by atoms with Crippen molar-refractivity contribution >= 4 is 11.9 Å². The number of carbonyl (C=O) groups excluding carboxylic acids is 2. The van der Waals surface area contributed by atoms with Gasteiger partial charge in [-0.05, 0) is 43.7 Å². The number of esters is 1. The molecule has 0 bridgehead atoms. The van der Waals surface area contributed by atoms with Gasteiger partial charge >= 0.3 is 11.7 Å². The number of ether oxygens (including phenoxy) is 1. The third kappa shape index (κ3) is 5.19. The quantitative estimate of drug-likeness (QED) is 0.597. The Balaban J connectivity index is 1.58. The van der Waals surface area contributed by atoms with Crippen molar-refractivity contribution in [2.75, 3.05) is 0 Å². The normalized spacial score (nSPS) is 12.8. The van der Waals surface area contributed by atoms with E-state index in [-0.39, 0.29) is 11.9 Å². The Morgan fingerprint density at radius 1 is 1.13 bits per heavy atom. The molecule has 0 aliphatic carbocycles. The second-order valence-corrected chi connectivity index (χ2v) is 6.61. The van der Waals surface area contributed by atoms with E-state index in [1.54, 1.807) is 0 Å². The summed E-state index contributed by atoms with van der Waals surface area (Å²) in [4.78, 5) is 36.3. The Morgan fingerprint density at radius 3 is 2.47 bits per heavy atom. The SMILES string of the molecule is CC(OC(=O)Cn1nc(-c2ccc(F)cc2)oc1=O)C(=O)NC(C)c1ccccc1. The smallest absolute Gasteiger partial charge is 0.437 e. The molecule has 8 nitrogen and oxygen atoms in total. The van der Waals surface area contributed by atoms with E-state index in [9.17, 15) is 18.8 Å². The fourth-order valence-corrected chi connectivity index (χ4v) is 2.68. The minimum absolute atomic E-state index is 0.0599. The summed E-state index contributed by atoms with van der Waals surface area (Å²) in [5.74, 6) is -2.68. The highest BCUT2D eigenvalue weighted by atomic mass is 19.1. The van der Waals surface area contributed by atoms with E-state index in [4.69, 9.17) is 9.15 Å². The first kappa shape index (κ1) is 21.0. The number of nitrogens with zero attached hydrogens (tertiary/aromatic N) is 2. The highest BCUT2D eigenvalue weighted by Crippen LogP contribution is 2.15. The van der Waals surface area contributed by atoms with E-state index < -0.39 is 36.1 Å². The molecule has 0 saturated heterocycles. The van der Waals surface area contributed by atoms with Crippen LogP contribution in [-0.2, 0) is 20.9 Å². The summed E-state index contributed by atoms with van der Waals surface area (Å²) in [6.45, 7) is 2.71. The van der Waals surface area contributed by atoms with Crippen molar-refractivity contribution in [3.05, 3.63) is 76.5 Å². The Kier molecular flexibility index (Phi) is 6.41. The number of hydrogen-bond donors (Lipinski definition) is 1. The average molecular weight is 413 g/mol. The molecule has 0 aliphatic heterocycles. The predicted octanol–water partition coefficient (Wildman–Crippen LogP) is 2.45. The van der Waals surface area contributed by atoms with E-state index in [0.29, 0.717) is 5.56 Å². The van der Waals surface area contributed by atoms with E-state index in [1.165, 1.54) is 31.2 Å². The molecule has 0 spiro atoms. The molecule has 2 atom stereocenters. The van der Waals surface area contributed by atoms with E-state index >= 15 is 0 Å². The fraction of sp³-hybridized carbons (Fsp3) is 0.238. The van der Waals surface area contributed by atoms with Crippen molar-refractivity contribution in [1.29, 1.82) is 0 Å². The lowest BCUT2D eigenvalue weighted by molar-refractivity contribution is -0.155. The molecule has 3 rings (SSSR count). The van der Waals surface area contributed by atoms with Gasteiger partial charge in [-0.15, -0.1) is 5.10 Å². The maximum atomic E-state index is 13.0. The molecule has 9 heteroatoms. The van der Waals surface area contributed by atoms with Crippen LogP contribution < -0.4 is 11.1 Å². The monoisotopic (exact) mass is 413 g/mol. The van der Waals surface area contributed by atoms with Crippen molar-refractivity contribution in [2.45, 2.75) is 32.5 Å². The van der Waals surface area contributed by atoms with Crippen LogP contribution in [0.2, 0.25) is 0 Å². The van der Waals surface area contributed by atoms with Crippen LogP contribution in [0.5, 0.6) is 0 Å². The number of nitrogens with one attached hydrogen (secondary N) is 1. The van der Waals surface area contributed by atoms with Gasteiger partial charge < -0.3 is 14.5 Å². The molecule has 30 heavy (non-hydrogen) atoms. The van der Waals surface area contributed by atoms with Gasteiger partial charge in [-0.2, -0.15) is 4.68 Å². The Labute approximate surface area is 171 Å². The predicted molar refractivity (Wildman–Crippen MR) is 105 cm³/mol. The lowest BCUT2D eigenvalue weighted by atomic mass is 10.1. The standard InChI is InChI=1S/C21H20FN3O5/c1-13(15-6-4-3-5-7-15)23-19(27)14(2)29-18(26)12-25-21(28)30-20(24-25)16-8-10-17(22)11-9-16/h3-11,13-14H,12H2,1-2H3,(H,23,27). The average Bonchev–Trinajstić information content (AvgIpc) is 3.09. The van der Waals surface area contributed by atoms with Gasteiger partial charge in [0.1, 0.15) is 12.4 Å². The van der Waals surface area contributed by atoms with Crippen molar-refractivity contribution < 1.29 is 23.1 Å². The molecule has 0 saturated carbocycles. The molecule has 1 aromatic heterocycles. The zero-order chi connectivity index (χ0) is 21.7. The largest absolute Gasteiger partial charge is 0.451 e. The highest BCUT2D eigenvalue weighted by molar-refractivity contribution is 5.83. The van der Waals surface area contributed by atoms with Crippen molar-refractivity contribution in [3.8, 4) is 11.5 Å². The molecule has 1 heterocycles. The van der Waals surface area contributed by atoms with Crippen LogP contribution in [0.25, 0.3) is 11.5 Å². The second kappa shape index (κ2) is 9.17. The number of halogens is 1. The van der Waals surface area contributed by atoms with Crippen LogP contribution >= 0.6 is 0 Å². The first-order valence-corrected chi connectivity index (χ1v) is 9.22. The molecular formula is C21H20FN3O5. The summed E-state index contributed by atoms with van der Waals surface area (Å²) >= 11 is 0. The first-order chi connectivity index (χ1) is 14.3. The minimum Gasteiger partial charge on any atom is -0.451 e. The van der Waals surface area contributed by atoms with Gasteiger partial charge in [0.2, 0.25) is 5.89 Å². The summed E-state index contributed by atoms with van der Waals surface area (Å²) in [5, 5.41) is 6.66. The van der Waals surface area contributed by atoms with Gasteiger partial charge in [0.25, 0.3) is 5.91 Å². The Hall–Kier alpha value is -3.75. The van der Waals surface area contributed by atoms with Gasteiger partial charge in [0.15, 0.2) is 6.10 Å². The maximum Gasteiger partial charge on any atom is 0.437 e. The number of hydrogen-bond acceptors (Lipinski definition) is 6. The number of aromatic nitrogens is 2. The maximum absolute atomic E-state index is 13.0. The van der Waals surface area contributed by atoms with Gasteiger partial charge in [-0.25, -0.2) is 9.18 Å². The number of benzene rings is 2. The summed E-state index contributed by atoms with van der Waals surface area (Å²) in [6, 6.07) is 14.2. The summed E-state index contributed by atoms with van der Waals surface area (Å²) in [5.41, 5.74) is 1.29. The molecule has 2 unspecified atom stereocenters.